The zero-order valence-corrected chi connectivity index (χ0v) is 15.0. The van der Waals surface area contributed by atoms with E-state index in [0.29, 0.717) is 18.7 Å². The first-order chi connectivity index (χ1) is 11.3. The van der Waals surface area contributed by atoms with Crippen molar-refractivity contribution in [3.8, 4) is 0 Å². The first kappa shape index (κ1) is 18.9. The number of rotatable bonds is 6. The molecular formula is C19H30N2O3. The molecule has 1 aromatic carbocycles. The van der Waals surface area contributed by atoms with Gasteiger partial charge in [-0.2, -0.15) is 0 Å². The van der Waals surface area contributed by atoms with Crippen LogP contribution in [0.2, 0.25) is 0 Å². The summed E-state index contributed by atoms with van der Waals surface area (Å²) in [5.74, 6) is -0.00679. The van der Waals surface area contributed by atoms with Gasteiger partial charge in [0.15, 0.2) is 0 Å². The van der Waals surface area contributed by atoms with Crippen LogP contribution in [0.4, 0.5) is 0 Å². The lowest BCUT2D eigenvalue weighted by Crippen LogP contribution is -2.47. The topological polar surface area (TPSA) is 61.8 Å². The fourth-order valence-electron chi connectivity index (χ4n) is 2.82. The number of carbonyl (C=O) groups excluding carboxylic acids is 1. The summed E-state index contributed by atoms with van der Waals surface area (Å²) >= 11 is 0. The van der Waals surface area contributed by atoms with E-state index in [4.69, 9.17) is 4.74 Å². The minimum atomic E-state index is -0.473. The van der Waals surface area contributed by atoms with Gasteiger partial charge in [0.25, 0.3) is 5.91 Å². The van der Waals surface area contributed by atoms with Gasteiger partial charge in [-0.1, -0.05) is 18.2 Å². The van der Waals surface area contributed by atoms with Gasteiger partial charge in [-0.25, -0.2) is 0 Å². The predicted molar refractivity (Wildman–Crippen MR) is 95.1 cm³/mol. The Labute approximate surface area is 145 Å². The molecule has 0 radical (unpaired) electrons. The number of nitrogens with one attached hydrogen (secondary N) is 1. The molecule has 134 valence electrons. The van der Waals surface area contributed by atoms with Gasteiger partial charge >= 0.3 is 0 Å². The van der Waals surface area contributed by atoms with Gasteiger partial charge in [0.1, 0.15) is 0 Å². The summed E-state index contributed by atoms with van der Waals surface area (Å²) in [6, 6.07) is 9.52. The number of piperidine rings is 1. The van der Waals surface area contributed by atoms with Gasteiger partial charge in [-0.3, -0.25) is 4.79 Å². The summed E-state index contributed by atoms with van der Waals surface area (Å²) in [6.45, 7) is 8.70. The lowest BCUT2D eigenvalue weighted by Gasteiger charge is -2.34. The number of amides is 1. The number of aliphatic hydroxyl groups excluding tert-OH is 1. The first-order valence-electron chi connectivity index (χ1n) is 8.74. The lowest BCUT2D eigenvalue weighted by molar-refractivity contribution is -0.0574. The number of aliphatic hydroxyl groups is 1. The van der Waals surface area contributed by atoms with Crippen LogP contribution in [0.25, 0.3) is 0 Å². The van der Waals surface area contributed by atoms with Gasteiger partial charge in [0.05, 0.1) is 18.3 Å². The molecule has 1 aliphatic rings. The third-order valence-electron chi connectivity index (χ3n) is 4.14. The van der Waals surface area contributed by atoms with Crippen LogP contribution >= 0.6 is 0 Å². The van der Waals surface area contributed by atoms with Crippen molar-refractivity contribution in [2.75, 3.05) is 26.2 Å². The number of likely N-dealkylation sites (tertiary alicyclic amines) is 1. The van der Waals surface area contributed by atoms with Crippen molar-refractivity contribution in [2.24, 2.45) is 0 Å². The molecule has 24 heavy (non-hydrogen) atoms. The highest BCUT2D eigenvalue weighted by Crippen LogP contribution is 2.13. The van der Waals surface area contributed by atoms with Crippen molar-refractivity contribution < 1.29 is 14.6 Å². The number of benzene rings is 1. The summed E-state index contributed by atoms with van der Waals surface area (Å²) in [6.07, 6.45) is 1.34. The molecule has 0 bridgehead atoms. The monoisotopic (exact) mass is 334 g/mol. The molecule has 1 fully saturated rings. The van der Waals surface area contributed by atoms with Crippen molar-refractivity contribution >= 4 is 5.91 Å². The summed E-state index contributed by atoms with van der Waals surface area (Å²) in [4.78, 5) is 14.4. The molecule has 0 spiro atoms. The maximum absolute atomic E-state index is 12.2. The number of hydrogen-bond donors (Lipinski definition) is 2. The zero-order valence-electron chi connectivity index (χ0n) is 15.0. The molecule has 5 nitrogen and oxygen atoms in total. The average molecular weight is 334 g/mol. The van der Waals surface area contributed by atoms with Crippen molar-refractivity contribution in [1.29, 1.82) is 0 Å². The fraction of sp³-hybridized carbons (Fsp3) is 0.632. The molecule has 1 heterocycles. The number of nitrogens with zero attached hydrogens (tertiary/aromatic N) is 1. The molecule has 1 amide bonds. The lowest BCUT2D eigenvalue weighted by atomic mass is 10.0. The van der Waals surface area contributed by atoms with Crippen LogP contribution in [0.3, 0.4) is 0 Å². The van der Waals surface area contributed by atoms with Crippen LogP contribution in [-0.2, 0) is 4.74 Å². The molecule has 1 unspecified atom stereocenters. The minimum absolute atomic E-state index is 0.00679. The Morgan fingerprint density at radius 1 is 1.29 bits per heavy atom. The molecule has 2 rings (SSSR count). The second-order valence-electron chi connectivity index (χ2n) is 7.49. The van der Waals surface area contributed by atoms with Crippen molar-refractivity contribution in [1.82, 2.24) is 10.2 Å². The standard InChI is InChI=1S/C19H30N2O3/c1-19(2,3)24-14-17(22)13-21-11-9-16(10-12-21)20-18(23)15-7-5-4-6-8-15/h4-8,16-17,22H,9-14H2,1-3H3,(H,20,23). The highest BCUT2D eigenvalue weighted by Gasteiger charge is 2.23. The van der Waals surface area contributed by atoms with E-state index in [9.17, 15) is 9.90 Å². The molecule has 1 atom stereocenters. The molecular weight excluding hydrogens is 304 g/mol. The average Bonchev–Trinajstić information content (AvgIpc) is 2.55. The molecule has 1 aliphatic heterocycles. The van der Waals surface area contributed by atoms with Crippen molar-refractivity contribution in [3.63, 3.8) is 0 Å². The van der Waals surface area contributed by atoms with Crippen LogP contribution in [0.5, 0.6) is 0 Å². The van der Waals surface area contributed by atoms with E-state index in [2.05, 4.69) is 10.2 Å². The molecule has 0 saturated carbocycles. The largest absolute Gasteiger partial charge is 0.389 e. The van der Waals surface area contributed by atoms with E-state index >= 15 is 0 Å². The molecule has 0 aromatic heterocycles. The van der Waals surface area contributed by atoms with Crippen molar-refractivity contribution in [3.05, 3.63) is 35.9 Å². The fourth-order valence-corrected chi connectivity index (χ4v) is 2.82. The van der Waals surface area contributed by atoms with E-state index in [1.165, 1.54) is 0 Å². The van der Waals surface area contributed by atoms with Crippen LogP contribution in [0.1, 0.15) is 44.0 Å². The molecule has 1 saturated heterocycles. The Kier molecular flexibility index (Phi) is 6.78. The smallest absolute Gasteiger partial charge is 0.251 e. The predicted octanol–water partition coefficient (Wildman–Crippen LogP) is 2.06. The summed E-state index contributed by atoms with van der Waals surface area (Å²) in [5, 5.41) is 13.2. The summed E-state index contributed by atoms with van der Waals surface area (Å²) < 4.78 is 5.62. The zero-order chi connectivity index (χ0) is 17.6. The van der Waals surface area contributed by atoms with Crippen LogP contribution in [-0.4, -0.2) is 59.9 Å². The Hall–Kier alpha value is -1.43. The molecule has 1 aromatic rings. The third kappa shape index (κ3) is 6.59. The molecule has 5 heteroatoms. The number of ether oxygens (including phenoxy) is 1. The van der Waals surface area contributed by atoms with Crippen LogP contribution < -0.4 is 5.32 Å². The van der Waals surface area contributed by atoms with Gasteiger partial charge < -0.3 is 20.1 Å². The Balaban J connectivity index is 1.69. The second-order valence-corrected chi connectivity index (χ2v) is 7.49. The van der Waals surface area contributed by atoms with Gasteiger partial charge in [-0.15, -0.1) is 0 Å². The maximum atomic E-state index is 12.2. The Bertz CT molecular complexity index is 505. The summed E-state index contributed by atoms with van der Waals surface area (Å²) in [5.41, 5.74) is 0.477. The maximum Gasteiger partial charge on any atom is 0.251 e. The first-order valence-corrected chi connectivity index (χ1v) is 8.74. The Morgan fingerprint density at radius 3 is 2.50 bits per heavy atom. The van der Waals surface area contributed by atoms with Gasteiger partial charge in [-0.05, 0) is 45.7 Å². The second kappa shape index (κ2) is 8.60. The highest BCUT2D eigenvalue weighted by atomic mass is 16.5. The quantitative estimate of drug-likeness (QED) is 0.836. The van der Waals surface area contributed by atoms with E-state index < -0.39 is 6.10 Å². The van der Waals surface area contributed by atoms with Crippen LogP contribution in [0, 0.1) is 0 Å². The van der Waals surface area contributed by atoms with Crippen molar-refractivity contribution in [2.45, 2.75) is 51.4 Å². The molecule has 0 aliphatic carbocycles. The Morgan fingerprint density at radius 2 is 1.92 bits per heavy atom. The molecule has 2 N–H and O–H groups in total. The minimum Gasteiger partial charge on any atom is -0.389 e. The van der Waals surface area contributed by atoms with Gasteiger partial charge in [0, 0.05) is 31.2 Å². The number of hydrogen-bond acceptors (Lipinski definition) is 4. The number of β-amino-alcohol motifs (C(OH)–C–C–N with tert-alkyl or cyclic N) is 1. The third-order valence-corrected chi connectivity index (χ3v) is 4.14. The van der Waals surface area contributed by atoms with E-state index in [1.807, 2.05) is 51.1 Å². The van der Waals surface area contributed by atoms with E-state index in [1.54, 1.807) is 0 Å². The SMILES string of the molecule is CC(C)(C)OCC(O)CN1CCC(NC(=O)c2ccccc2)CC1. The normalized spacial score (nSPS) is 18.3. The number of carbonyl (C=O) groups is 1. The summed E-state index contributed by atoms with van der Waals surface area (Å²) in [7, 11) is 0. The van der Waals surface area contributed by atoms with Gasteiger partial charge in [0.2, 0.25) is 0 Å². The van der Waals surface area contributed by atoms with E-state index in [-0.39, 0.29) is 17.6 Å². The van der Waals surface area contributed by atoms with Crippen LogP contribution in [0.15, 0.2) is 30.3 Å². The van der Waals surface area contributed by atoms with E-state index in [0.717, 1.165) is 25.9 Å². The highest BCUT2D eigenvalue weighted by molar-refractivity contribution is 5.94.